The molecule has 1 unspecified atom stereocenters. The SMILES string of the molecule is CN=C(NCC1(c2ccccc2OC)CC1)NC1CCN(C2CCCC2)C1. The van der Waals surface area contributed by atoms with Gasteiger partial charge in [-0.25, -0.2) is 0 Å². The summed E-state index contributed by atoms with van der Waals surface area (Å²) >= 11 is 0. The van der Waals surface area contributed by atoms with Crippen molar-refractivity contribution in [3.8, 4) is 5.75 Å². The van der Waals surface area contributed by atoms with Crippen LogP contribution in [-0.2, 0) is 5.41 Å². The van der Waals surface area contributed by atoms with Crippen molar-refractivity contribution in [2.75, 3.05) is 33.8 Å². The summed E-state index contributed by atoms with van der Waals surface area (Å²) < 4.78 is 5.59. The smallest absolute Gasteiger partial charge is 0.191 e. The van der Waals surface area contributed by atoms with Crippen molar-refractivity contribution >= 4 is 5.96 Å². The van der Waals surface area contributed by atoms with Gasteiger partial charge in [0.2, 0.25) is 0 Å². The molecule has 0 amide bonds. The molecular formula is C22H34N4O. The van der Waals surface area contributed by atoms with Crippen LogP contribution in [-0.4, -0.2) is 56.7 Å². The zero-order chi connectivity index (χ0) is 18.7. The van der Waals surface area contributed by atoms with Gasteiger partial charge in [-0.3, -0.25) is 9.89 Å². The Bertz CT molecular complexity index is 664. The molecule has 0 spiro atoms. The highest BCUT2D eigenvalue weighted by Gasteiger charge is 2.46. The second kappa shape index (κ2) is 8.09. The molecule has 1 aliphatic heterocycles. The van der Waals surface area contributed by atoms with Crippen molar-refractivity contribution in [2.24, 2.45) is 4.99 Å². The van der Waals surface area contributed by atoms with Crippen LogP contribution in [0.4, 0.5) is 0 Å². The molecular weight excluding hydrogens is 336 g/mol. The maximum Gasteiger partial charge on any atom is 0.191 e. The normalized spacial score (nSPS) is 25.6. The Kier molecular flexibility index (Phi) is 5.58. The Morgan fingerprint density at radius 1 is 1.22 bits per heavy atom. The molecule has 4 rings (SSSR count). The van der Waals surface area contributed by atoms with Crippen molar-refractivity contribution in [1.82, 2.24) is 15.5 Å². The summed E-state index contributed by atoms with van der Waals surface area (Å²) in [5.74, 6) is 1.94. The van der Waals surface area contributed by atoms with Crippen LogP contribution in [0.3, 0.4) is 0 Å². The number of benzene rings is 1. The van der Waals surface area contributed by atoms with Gasteiger partial charge in [0, 0.05) is 49.7 Å². The molecule has 2 aliphatic carbocycles. The Morgan fingerprint density at radius 2 is 2.00 bits per heavy atom. The molecule has 0 bridgehead atoms. The summed E-state index contributed by atoms with van der Waals surface area (Å²) in [5.41, 5.74) is 1.51. The Hall–Kier alpha value is -1.75. The lowest BCUT2D eigenvalue weighted by molar-refractivity contribution is 0.242. The summed E-state index contributed by atoms with van der Waals surface area (Å²) in [6, 6.07) is 9.77. The number of methoxy groups -OCH3 is 1. The molecule has 3 aliphatic rings. The highest BCUT2D eigenvalue weighted by Crippen LogP contribution is 2.50. The van der Waals surface area contributed by atoms with Crippen LogP contribution in [0.2, 0.25) is 0 Å². The highest BCUT2D eigenvalue weighted by molar-refractivity contribution is 5.80. The summed E-state index contributed by atoms with van der Waals surface area (Å²) in [6.45, 7) is 3.29. The number of para-hydroxylation sites is 1. The number of ether oxygens (including phenoxy) is 1. The number of hydrogen-bond donors (Lipinski definition) is 2. The molecule has 1 aromatic carbocycles. The maximum absolute atomic E-state index is 5.59. The van der Waals surface area contributed by atoms with Gasteiger partial charge in [0.05, 0.1) is 7.11 Å². The lowest BCUT2D eigenvalue weighted by Crippen LogP contribution is -2.47. The molecule has 27 heavy (non-hydrogen) atoms. The molecule has 0 aromatic heterocycles. The third kappa shape index (κ3) is 4.08. The van der Waals surface area contributed by atoms with Crippen molar-refractivity contribution in [2.45, 2.75) is 62.4 Å². The van der Waals surface area contributed by atoms with E-state index in [-0.39, 0.29) is 5.41 Å². The molecule has 1 saturated heterocycles. The first-order valence-corrected chi connectivity index (χ1v) is 10.6. The third-order valence-electron chi connectivity index (χ3n) is 6.75. The molecule has 5 heteroatoms. The van der Waals surface area contributed by atoms with Crippen molar-refractivity contribution in [1.29, 1.82) is 0 Å². The van der Waals surface area contributed by atoms with Gasteiger partial charge in [0.25, 0.3) is 0 Å². The largest absolute Gasteiger partial charge is 0.496 e. The fourth-order valence-corrected chi connectivity index (χ4v) is 4.92. The maximum atomic E-state index is 5.59. The lowest BCUT2D eigenvalue weighted by Gasteiger charge is -2.25. The van der Waals surface area contributed by atoms with Crippen LogP contribution >= 0.6 is 0 Å². The van der Waals surface area contributed by atoms with E-state index in [1.165, 1.54) is 57.1 Å². The molecule has 1 aromatic rings. The monoisotopic (exact) mass is 370 g/mol. The third-order valence-corrected chi connectivity index (χ3v) is 6.75. The van der Waals surface area contributed by atoms with Crippen LogP contribution in [0, 0.1) is 0 Å². The van der Waals surface area contributed by atoms with E-state index >= 15 is 0 Å². The topological polar surface area (TPSA) is 48.9 Å². The van der Waals surface area contributed by atoms with Gasteiger partial charge >= 0.3 is 0 Å². The number of guanidine groups is 1. The van der Waals surface area contributed by atoms with Gasteiger partial charge in [-0.1, -0.05) is 31.0 Å². The minimum atomic E-state index is 0.190. The Labute approximate surface area is 163 Å². The summed E-state index contributed by atoms with van der Waals surface area (Å²) in [5, 5.41) is 7.26. The molecule has 2 saturated carbocycles. The van der Waals surface area contributed by atoms with Crippen LogP contribution in [0.5, 0.6) is 5.75 Å². The predicted octanol–water partition coefficient (Wildman–Crippen LogP) is 2.91. The van der Waals surface area contributed by atoms with Gasteiger partial charge in [-0.2, -0.15) is 0 Å². The minimum Gasteiger partial charge on any atom is -0.496 e. The van der Waals surface area contributed by atoms with E-state index in [1.807, 2.05) is 13.1 Å². The van der Waals surface area contributed by atoms with E-state index in [4.69, 9.17) is 4.74 Å². The quantitative estimate of drug-likeness (QED) is 0.597. The first kappa shape index (κ1) is 18.6. The average molecular weight is 371 g/mol. The summed E-state index contributed by atoms with van der Waals surface area (Å²) in [7, 11) is 3.64. The first-order valence-electron chi connectivity index (χ1n) is 10.6. The van der Waals surface area contributed by atoms with E-state index in [1.54, 1.807) is 7.11 Å². The van der Waals surface area contributed by atoms with Gasteiger partial charge in [0.15, 0.2) is 5.96 Å². The van der Waals surface area contributed by atoms with Gasteiger partial charge < -0.3 is 15.4 Å². The number of rotatable bonds is 6. The van der Waals surface area contributed by atoms with Crippen molar-refractivity contribution < 1.29 is 4.74 Å². The lowest BCUT2D eigenvalue weighted by atomic mass is 9.95. The number of hydrogen-bond acceptors (Lipinski definition) is 3. The standard InChI is InChI=1S/C22H34N4O/c1-23-21(25-17-11-14-26(15-17)18-7-3-4-8-18)24-16-22(12-13-22)19-9-5-6-10-20(19)27-2/h5-6,9-10,17-18H,3-4,7-8,11-16H2,1-2H3,(H2,23,24,25). The first-order chi connectivity index (χ1) is 13.2. The number of nitrogens with one attached hydrogen (secondary N) is 2. The van der Waals surface area contributed by atoms with Crippen molar-refractivity contribution in [3.05, 3.63) is 29.8 Å². The van der Waals surface area contributed by atoms with Gasteiger partial charge in [-0.05, 0) is 38.2 Å². The second-order valence-electron chi connectivity index (χ2n) is 8.47. The summed E-state index contributed by atoms with van der Waals surface area (Å²) in [6.07, 6.45) is 9.23. The van der Waals surface area contributed by atoms with Gasteiger partial charge in [0.1, 0.15) is 5.75 Å². The number of aliphatic imine (C=N–C) groups is 1. The van der Waals surface area contributed by atoms with Crippen LogP contribution in [0.1, 0.15) is 50.5 Å². The molecule has 5 nitrogen and oxygen atoms in total. The van der Waals surface area contributed by atoms with E-state index in [0.29, 0.717) is 6.04 Å². The van der Waals surface area contributed by atoms with Crippen LogP contribution in [0.15, 0.2) is 29.3 Å². The average Bonchev–Trinajstić information content (AvgIpc) is 3.10. The van der Waals surface area contributed by atoms with Crippen LogP contribution in [0.25, 0.3) is 0 Å². The molecule has 148 valence electrons. The molecule has 1 heterocycles. The molecule has 1 atom stereocenters. The zero-order valence-corrected chi connectivity index (χ0v) is 16.8. The van der Waals surface area contributed by atoms with E-state index < -0.39 is 0 Å². The predicted molar refractivity (Wildman–Crippen MR) is 111 cm³/mol. The fourth-order valence-electron chi connectivity index (χ4n) is 4.92. The molecule has 0 radical (unpaired) electrons. The Morgan fingerprint density at radius 3 is 2.70 bits per heavy atom. The molecule has 2 N–H and O–H groups in total. The highest BCUT2D eigenvalue weighted by atomic mass is 16.5. The van der Waals surface area contributed by atoms with Crippen molar-refractivity contribution in [3.63, 3.8) is 0 Å². The number of likely N-dealkylation sites (tertiary alicyclic amines) is 1. The van der Waals surface area contributed by atoms with Crippen LogP contribution < -0.4 is 15.4 Å². The van der Waals surface area contributed by atoms with E-state index in [0.717, 1.165) is 30.8 Å². The summed E-state index contributed by atoms with van der Waals surface area (Å²) in [4.78, 5) is 7.18. The van der Waals surface area contributed by atoms with E-state index in [9.17, 15) is 0 Å². The number of nitrogens with zero attached hydrogens (tertiary/aromatic N) is 2. The minimum absolute atomic E-state index is 0.190. The Balaban J connectivity index is 1.31. The van der Waals surface area contributed by atoms with E-state index in [2.05, 4.69) is 38.7 Å². The zero-order valence-electron chi connectivity index (χ0n) is 16.8. The molecule has 3 fully saturated rings. The fraction of sp³-hybridized carbons (Fsp3) is 0.682. The van der Waals surface area contributed by atoms with Gasteiger partial charge in [-0.15, -0.1) is 0 Å². The second-order valence-corrected chi connectivity index (χ2v) is 8.47.